The van der Waals surface area contributed by atoms with E-state index in [2.05, 4.69) is 4.74 Å². The number of rotatable bonds is 3. The van der Waals surface area contributed by atoms with E-state index in [9.17, 15) is 9.90 Å². The Morgan fingerprint density at radius 1 is 1.31 bits per heavy atom. The fraction of sp³-hybridized carbons (Fsp3) is 0.417. The van der Waals surface area contributed by atoms with E-state index < -0.39 is 12.1 Å². The Hall–Kier alpha value is -1.06. The van der Waals surface area contributed by atoms with Crippen LogP contribution < -0.4 is 0 Å². The molecule has 1 aromatic rings. The van der Waals surface area contributed by atoms with Crippen LogP contribution in [-0.2, 0) is 9.53 Å². The Balaban J connectivity index is 3.09. The number of esters is 1. The van der Waals surface area contributed by atoms with Crippen molar-refractivity contribution in [2.24, 2.45) is 0 Å². The smallest absolute Gasteiger partial charge is 0.339 e. The van der Waals surface area contributed by atoms with Crippen molar-refractivity contribution in [3.05, 3.63) is 34.3 Å². The highest BCUT2D eigenvalue weighted by Crippen LogP contribution is 2.25. The summed E-state index contributed by atoms with van der Waals surface area (Å²) in [7, 11) is 1.24. The van der Waals surface area contributed by atoms with Gasteiger partial charge in [-0.1, -0.05) is 31.5 Å². The normalized spacial score (nSPS) is 12.6. The summed E-state index contributed by atoms with van der Waals surface area (Å²) in [6.07, 6.45) is -1.28. The zero-order valence-corrected chi connectivity index (χ0v) is 10.3. The van der Waals surface area contributed by atoms with Crippen LogP contribution in [0.5, 0.6) is 0 Å². The Bertz CT molecular complexity index is 388. The summed E-state index contributed by atoms with van der Waals surface area (Å²) in [5, 5.41) is 10.2. The monoisotopic (exact) mass is 242 g/mol. The third kappa shape index (κ3) is 2.97. The molecule has 0 saturated carbocycles. The predicted octanol–water partition coefficient (Wildman–Crippen LogP) is 2.67. The van der Waals surface area contributed by atoms with E-state index in [0.29, 0.717) is 10.6 Å². The van der Waals surface area contributed by atoms with Gasteiger partial charge in [0.2, 0.25) is 0 Å². The van der Waals surface area contributed by atoms with E-state index in [1.54, 1.807) is 12.1 Å². The Morgan fingerprint density at radius 2 is 1.88 bits per heavy atom. The van der Waals surface area contributed by atoms with Crippen molar-refractivity contribution >= 4 is 17.6 Å². The summed E-state index contributed by atoms with van der Waals surface area (Å²) < 4.78 is 4.47. The number of carbonyl (C=O) groups is 1. The summed E-state index contributed by atoms with van der Waals surface area (Å²) >= 11 is 5.92. The van der Waals surface area contributed by atoms with Crippen molar-refractivity contribution in [2.75, 3.05) is 7.11 Å². The molecule has 0 aliphatic heterocycles. The molecular weight excluding hydrogens is 228 g/mol. The molecule has 0 saturated heterocycles. The first-order valence-corrected chi connectivity index (χ1v) is 5.39. The molecule has 0 amide bonds. The third-order valence-corrected chi connectivity index (χ3v) is 2.57. The quantitative estimate of drug-likeness (QED) is 0.829. The molecule has 1 unspecified atom stereocenters. The number of halogens is 1. The van der Waals surface area contributed by atoms with Crippen LogP contribution in [0.1, 0.15) is 37.0 Å². The second-order valence-electron chi connectivity index (χ2n) is 3.90. The maximum Gasteiger partial charge on any atom is 0.339 e. The lowest BCUT2D eigenvalue weighted by atomic mass is 9.99. The molecule has 0 heterocycles. The largest absolute Gasteiger partial charge is 0.467 e. The molecule has 3 nitrogen and oxygen atoms in total. The lowest BCUT2D eigenvalue weighted by Gasteiger charge is -2.12. The number of ether oxygens (including phenoxy) is 1. The average Bonchev–Trinajstić information content (AvgIpc) is 2.26. The number of methoxy groups -OCH3 is 1. The summed E-state index contributed by atoms with van der Waals surface area (Å²) in [6.45, 7) is 4.03. The maximum atomic E-state index is 11.2. The van der Waals surface area contributed by atoms with Crippen molar-refractivity contribution < 1.29 is 14.6 Å². The van der Waals surface area contributed by atoms with Crippen LogP contribution in [0.2, 0.25) is 5.02 Å². The number of benzene rings is 1. The van der Waals surface area contributed by atoms with Gasteiger partial charge in [-0.05, 0) is 29.2 Å². The zero-order valence-electron chi connectivity index (χ0n) is 9.53. The molecule has 0 radical (unpaired) electrons. The number of aliphatic hydroxyl groups is 1. The van der Waals surface area contributed by atoms with Gasteiger partial charge in [0, 0.05) is 5.02 Å². The van der Waals surface area contributed by atoms with Gasteiger partial charge in [-0.2, -0.15) is 0 Å². The van der Waals surface area contributed by atoms with Gasteiger partial charge in [0.25, 0.3) is 0 Å². The molecule has 88 valence electrons. The van der Waals surface area contributed by atoms with Crippen LogP contribution in [0, 0.1) is 0 Å². The van der Waals surface area contributed by atoms with Crippen LogP contribution in [0.4, 0.5) is 0 Å². The van der Waals surface area contributed by atoms with E-state index in [-0.39, 0.29) is 5.92 Å². The molecule has 16 heavy (non-hydrogen) atoms. The molecule has 0 aromatic heterocycles. The van der Waals surface area contributed by atoms with Gasteiger partial charge < -0.3 is 9.84 Å². The molecule has 1 atom stereocenters. The van der Waals surface area contributed by atoms with Crippen molar-refractivity contribution in [1.29, 1.82) is 0 Å². The summed E-state index contributed by atoms with van der Waals surface area (Å²) in [5.74, 6) is -0.403. The van der Waals surface area contributed by atoms with Crippen molar-refractivity contribution in [1.82, 2.24) is 0 Å². The highest BCUT2D eigenvalue weighted by Gasteiger charge is 2.19. The van der Waals surface area contributed by atoms with Gasteiger partial charge in [0.15, 0.2) is 6.10 Å². The van der Waals surface area contributed by atoms with E-state index in [1.807, 2.05) is 19.9 Å². The lowest BCUT2D eigenvalue weighted by Crippen LogP contribution is -2.13. The molecule has 0 aliphatic carbocycles. The van der Waals surface area contributed by atoms with Gasteiger partial charge in [0.1, 0.15) is 0 Å². The fourth-order valence-electron chi connectivity index (χ4n) is 1.37. The second-order valence-corrected chi connectivity index (χ2v) is 4.33. The molecule has 1 aromatic carbocycles. The molecule has 1 N–H and O–H groups in total. The first kappa shape index (κ1) is 13.0. The second kappa shape index (κ2) is 5.32. The number of hydrogen-bond acceptors (Lipinski definition) is 3. The predicted molar refractivity (Wildman–Crippen MR) is 62.5 cm³/mol. The highest BCUT2D eigenvalue weighted by atomic mass is 35.5. The molecule has 0 aliphatic rings. The fourth-order valence-corrected chi connectivity index (χ4v) is 1.63. The number of hydrogen-bond donors (Lipinski definition) is 1. The first-order chi connectivity index (χ1) is 7.45. The lowest BCUT2D eigenvalue weighted by molar-refractivity contribution is -0.150. The Morgan fingerprint density at radius 3 is 2.38 bits per heavy atom. The van der Waals surface area contributed by atoms with E-state index >= 15 is 0 Å². The SMILES string of the molecule is COC(=O)C(O)c1cc(Cl)cc(C(C)C)c1. The molecule has 0 spiro atoms. The molecule has 0 bridgehead atoms. The number of carbonyl (C=O) groups excluding carboxylic acids is 1. The summed E-state index contributed by atoms with van der Waals surface area (Å²) in [6, 6.07) is 5.15. The topological polar surface area (TPSA) is 46.5 Å². The number of aliphatic hydroxyl groups excluding tert-OH is 1. The van der Waals surface area contributed by atoms with E-state index in [0.717, 1.165) is 5.56 Å². The first-order valence-electron chi connectivity index (χ1n) is 5.02. The molecule has 1 rings (SSSR count). The minimum atomic E-state index is -1.28. The Labute approximate surface area is 100.0 Å². The van der Waals surface area contributed by atoms with Crippen molar-refractivity contribution in [2.45, 2.75) is 25.9 Å². The van der Waals surface area contributed by atoms with E-state index in [4.69, 9.17) is 11.6 Å². The zero-order chi connectivity index (χ0) is 12.3. The van der Waals surface area contributed by atoms with Gasteiger partial charge >= 0.3 is 5.97 Å². The van der Waals surface area contributed by atoms with Crippen molar-refractivity contribution in [3.63, 3.8) is 0 Å². The van der Waals surface area contributed by atoms with Gasteiger partial charge in [-0.3, -0.25) is 0 Å². The van der Waals surface area contributed by atoms with Crippen LogP contribution >= 0.6 is 11.6 Å². The van der Waals surface area contributed by atoms with Crippen LogP contribution in [0.3, 0.4) is 0 Å². The highest BCUT2D eigenvalue weighted by molar-refractivity contribution is 6.30. The maximum absolute atomic E-state index is 11.2. The molecule has 4 heteroatoms. The molecule has 0 fully saturated rings. The van der Waals surface area contributed by atoms with Gasteiger partial charge in [-0.15, -0.1) is 0 Å². The Kier molecular flexibility index (Phi) is 4.33. The van der Waals surface area contributed by atoms with E-state index in [1.165, 1.54) is 7.11 Å². The average molecular weight is 243 g/mol. The van der Waals surface area contributed by atoms with Crippen molar-refractivity contribution in [3.8, 4) is 0 Å². The van der Waals surface area contributed by atoms with Crippen LogP contribution in [0.25, 0.3) is 0 Å². The third-order valence-electron chi connectivity index (χ3n) is 2.35. The summed E-state index contributed by atoms with van der Waals surface area (Å²) in [4.78, 5) is 11.2. The van der Waals surface area contributed by atoms with Gasteiger partial charge in [-0.25, -0.2) is 4.79 Å². The van der Waals surface area contributed by atoms with Crippen LogP contribution in [-0.4, -0.2) is 18.2 Å². The minimum absolute atomic E-state index is 0.280. The summed E-state index contributed by atoms with van der Waals surface area (Å²) in [5.41, 5.74) is 1.44. The molecular formula is C12H15ClO3. The minimum Gasteiger partial charge on any atom is -0.467 e. The van der Waals surface area contributed by atoms with Gasteiger partial charge in [0.05, 0.1) is 7.11 Å². The standard InChI is InChI=1S/C12H15ClO3/c1-7(2)8-4-9(6-10(13)5-8)11(14)12(15)16-3/h4-7,11,14H,1-3H3. The van der Waals surface area contributed by atoms with Crippen LogP contribution in [0.15, 0.2) is 18.2 Å².